The molecule has 1 aliphatic rings. The van der Waals surface area contributed by atoms with Crippen molar-refractivity contribution in [3.8, 4) is 0 Å². The molecule has 1 fully saturated rings. The first-order valence-electron chi connectivity index (χ1n) is 10.0. The maximum atomic E-state index is 12.3. The molecule has 0 amide bonds. The molecule has 28 heavy (non-hydrogen) atoms. The van der Waals surface area contributed by atoms with Crippen LogP contribution in [0.25, 0.3) is 5.65 Å². The van der Waals surface area contributed by atoms with Crippen LogP contribution in [-0.2, 0) is 13.0 Å². The predicted molar refractivity (Wildman–Crippen MR) is 114 cm³/mol. The Hall–Kier alpha value is -2.17. The number of pyridine rings is 1. The molecule has 4 nitrogen and oxygen atoms in total. The van der Waals surface area contributed by atoms with Gasteiger partial charge in [-0.25, -0.2) is 4.98 Å². The van der Waals surface area contributed by atoms with E-state index in [0.717, 1.165) is 37.7 Å². The highest BCUT2D eigenvalue weighted by atomic mass is 35.5. The van der Waals surface area contributed by atoms with Crippen LogP contribution in [0.1, 0.15) is 36.1 Å². The Morgan fingerprint density at radius 3 is 2.61 bits per heavy atom. The zero-order valence-corrected chi connectivity index (χ0v) is 17.0. The maximum absolute atomic E-state index is 12.3. The maximum Gasteiger partial charge on any atom is 0.258 e. The lowest BCUT2D eigenvalue weighted by Crippen LogP contribution is -2.34. The largest absolute Gasteiger partial charge is 0.297 e. The monoisotopic (exact) mass is 395 g/mol. The number of piperidine rings is 1. The van der Waals surface area contributed by atoms with Gasteiger partial charge >= 0.3 is 0 Å². The van der Waals surface area contributed by atoms with E-state index in [1.165, 1.54) is 34.8 Å². The van der Waals surface area contributed by atoms with E-state index in [0.29, 0.717) is 10.7 Å². The fourth-order valence-corrected chi connectivity index (χ4v) is 4.16. The molecule has 0 unspecified atom stereocenters. The van der Waals surface area contributed by atoms with Crippen LogP contribution < -0.4 is 5.56 Å². The zero-order chi connectivity index (χ0) is 19.5. The summed E-state index contributed by atoms with van der Waals surface area (Å²) in [5.41, 5.74) is 4.18. The normalized spacial score (nSPS) is 15.9. The van der Waals surface area contributed by atoms with Crippen LogP contribution in [-0.4, -0.2) is 27.4 Å². The minimum atomic E-state index is -0.0736. The van der Waals surface area contributed by atoms with E-state index >= 15 is 0 Å². The van der Waals surface area contributed by atoms with Crippen LogP contribution in [0.2, 0.25) is 5.02 Å². The number of rotatable bonds is 5. The Balaban J connectivity index is 1.32. The molecule has 3 heterocycles. The van der Waals surface area contributed by atoms with Gasteiger partial charge in [-0.3, -0.25) is 14.1 Å². The highest BCUT2D eigenvalue weighted by Crippen LogP contribution is 2.23. The van der Waals surface area contributed by atoms with Gasteiger partial charge in [-0.1, -0.05) is 41.4 Å². The van der Waals surface area contributed by atoms with Gasteiger partial charge in [0.05, 0.1) is 10.7 Å². The van der Waals surface area contributed by atoms with Crippen molar-refractivity contribution in [2.75, 3.05) is 13.1 Å². The molecule has 0 bridgehead atoms. The predicted octanol–water partition coefficient (Wildman–Crippen LogP) is 4.50. The first-order valence-corrected chi connectivity index (χ1v) is 10.4. The van der Waals surface area contributed by atoms with Gasteiger partial charge in [-0.2, -0.15) is 0 Å². The molecular weight excluding hydrogens is 370 g/mol. The quantitative estimate of drug-likeness (QED) is 0.638. The van der Waals surface area contributed by atoms with Crippen LogP contribution in [0.15, 0.2) is 53.5 Å². The third-order valence-corrected chi connectivity index (χ3v) is 5.95. The lowest BCUT2D eigenvalue weighted by Gasteiger charge is -2.31. The minimum Gasteiger partial charge on any atom is -0.297 e. The number of benzene rings is 1. The topological polar surface area (TPSA) is 37.6 Å². The van der Waals surface area contributed by atoms with Gasteiger partial charge < -0.3 is 0 Å². The number of aryl methyl sites for hydroxylation is 2. The van der Waals surface area contributed by atoms with Gasteiger partial charge in [0, 0.05) is 18.8 Å². The highest BCUT2D eigenvalue weighted by Gasteiger charge is 2.20. The van der Waals surface area contributed by atoms with E-state index in [2.05, 4.69) is 41.1 Å². The van der Waals surface area contributed by atoms with E-state index in [9.17, 15) is 4.79 Å². The number of halogens is 1. The van der Waals surface area contributed by atoms with Crippen LogP contribution in [0.4, 0.5) is 0 Å². The second kappa shape index (κ2) is 8.46. The summed E-state index contributed by atoms with van der Waals surface area (Å²) in [7, 11) is 0. The summed E-state index contributed by atoms with van der Waals surface area (Å²) >= 11 is 5.98. The van der Waals surface area contributed by atoms with Crippen molar-refractivity contribution in [2.24, 2.45) is 5.92 Å². The molecule has 0 aliphatic carbocycles. The third-order valence-electron chi connectivity index (χ3n) is 5.73. The molecule has 5 heteroatoms. The molecule has 4 rings (SSSR count). The van der Waals surface area contributed by atoms with E-state index in [1.54, 1.807) is 24.4 Å². The first-order chi connectivity index (χ1) is 13.6. The summed E-state index contributed by atoms with van der Waals surface area (Å²) in [6.07, 6.45) is 6.47. The Kier molecular flexibility index (Phi) is 5.79. The van der Waals surface area contributed by atoms with Gasteiger partial charge in [0.1, 0.15) is 5.65 Å². The van der Waals surface area contributed by atoms with Crippen molar-refractivity contribution in [1.29, 1.82) is 0 Å². The molecule has 0 radical (unpaired) electrons. The van der Waals surface area contributed by atoms with E-state index in [4.69, 9.17) is 11.6 Å². The summed E-state index contributed by atoms with van der Waals surface area (Å²) in [6.45, 7) is 5.01. The van der Waals surface area contributed by atoms with E-state index < -0.39 is 0 Å². The lowest BCUT2D eigenvalue weighted by atomic mass is 9.90. The zero-order valence-electron chi connectivity index (χ0n) is 16.3. The number of hydrogen-bond donors (Lipinski definition) is 0. The average Bonchev–Trinajstić information content (AvgIpc) is 2.69. The van der Waals surface area contributed by atoms with Gasteiger partial charge in [-0.15, -0.1) is 0 Å². The summed E-state index contributed by atoms with van der Waals surface area (Å²) in [6, 6.07) is 14.1. The van der Waals surface area contributed by atoms with Crippen molar-refractivity contribution in [3.05, 3.63) is 80.9 Å². The Morgan fingerprint density at radius 2 is 1.86 bits per heavy atom. The van der Waals surface area contributed by atoms with Crippen molar-refractivity contribution in [1.82, 2.24) is 14.3 Å². The molecular formula is C23H26ClN3O. The molecule has 1 saturated heterocycles. The highest BCUT2D eigenvalue weighted by molar-refractivity contribution is 6.30. The summed E-state index contributed by atoms with van der Waals surface area (Å²) in [5.74, 6) is 0.787. The minimum absolute atomic E-state index is 0.0736. The van der Waals surface area contributed by atoms with Crippen molar-refractivity contribution in [2.45, 2.75) is 39.2 Å². The Bertz CT molecular complexity index is 1000. The molecule has 2 aromatic heterocycles. The van der Waals surface area contributed by atoms with Crippen LogP contribution in [0.5, 0.6) is 0 Å². The molecule has 146 valence electrons. The second-order valence-electron chi connectivity index (χ2n) is 7.91. The Morgan fingerprint density at radius 1 is 1.11 bits per heavy atom. The number of nitrogens with zero attached hydrogens (tertiary/aromatic N) is 3. The average molecular weight is 396 g/mol. The van der Waals surface area contributed by atoms with Gasteiger partial charge in [0.25, 0.3) is 5.56 Å². The molecule has 0 saturated carbocycles. The first kappa shape index (κ1) is 19.2. The third kappa shape index (κ3) is 4.62. The molecule has 0 N–H and O–H groups in total. The molecule has 0 spiro atoms. The van der Waals surface area contributed by atoms with E-state index in [-0.39, 0.29) is 5.56 Å². The second-order valence-corrected chi connectivity index (χ2v) is 8.34. The van der Waals surface area contributed by atoms with Crippen LogP contribution in [0, 0.1) is 12.8 Å². The SMILES string of the molecule is Cc1ccc(CCC2CCN(Cc3cc(=O)n4cc(Cl)ccc4n3)CC2)cc1. The summed E-state index contributed by atoms with van der Waals surface area (Å²) in [4.78, 5) is 19.4. The molecule has 3 aromatic rings. The molecule has 0 atom stereocenters. The number of hydrogen-bond acceptors (Lipinski definition) is 3. The number of aromatic nitrogens is 2. The fraction of sp³-hybridized carbons (Fsp3) is 0.391. The standard InChI is InChI=1S/C23H26ClN3O/c1-17-2-4-18(5-3-17)6-7-19-10-12-26(13-11-19)16-21-14-23(28)27-15-20(24)8-9-22(27)25-21/h2-5,8-9,14-15,19H,6-7,10-13,16H2,1H3. The van der Waals surface area contributed by atoms with Gasteiger partial charge in [0.15, 0.2) is 0 Å². The smallest absolute Gasteiger partial charge is 0.258 e. The summed E-state index contributed by atoms with van der Waals surface area (Å²) < 4.78 is 1.50. The van der Waals surface area contributed by atoms with Crippen LogP contribution in [0.3, 0.4) is 0 Å². The molecule has 1 aromatic carbocycles. The van der Waals surface area contributed by atoms with Crippen LogP contribution >= 0.6 is 11.6 Å². The Labute approximate surface area is 170 Å². The summed E-state index contributed by atoms with van der Waals surface area (Å²) in [5, 5.41) is 0.539. The number of likely N-dealkylation sites (tertiary alicyclic amines) is 1. The number of fused-ring (bicyclic) bond motifs is 1. The fourth-order valence-electron chi connectivity index (χ4n) is 3.99. The lowest BCUT2D eigenvalue weighted by molar-refractivity contribution is 0.171. The van der Waals surface area contributed by atoms with E-state index in [1.807, 2.05) is 0 Å². The molecule has 1 aliphatic heterocycles. The van der Waals surface area contributed by atoms with Crippen molar-refractivity contribution < 1.29 is 0 Å². The van der Waals surface area contributed by atoms with Gasteiger partial charge in [-0.05, 0) is 69.3 Å². The van der Waals surface area contributed by atoms with Gasteiger partial charge in [0.2, 0.25) is 0 Å². The van der Waals surface area contributed by atoms with Crippen molar-refractivity contribution >= 4 is 17.2 Å². The van der Waals surface area contributed by atoms with Crippen molar-refractivity contribution in [3.63, 3.8) is 0 Å².